The molecule has 3 nitrogen and oxygen atoms in total. The van der Waals surface area contributed by atoms with Crippen LogP contribution in [-0.4, -0.2) is 15.0 Å². The summed E-state index contributed by atoms with van der Waals surface area (Å²) < 4.78 is 0. The highest BCUT2D eigenvalue weighted by Gasteiger charge is 2.06. The van der Waals surface area contributed by atoms with Gasteiger partial charge in [-0.1, -0.05) is 37.3 Å². The van der Waals surface area contributed by atoms with Gasteiger partial charge in [0.05, 0.1) is 5.69 Å². The molecule has 84 valence electrons. The number of para-hydroxylation sites is 1. The lowest BCUT2D eigenvalue weighted by molar-refractivity contribution is 0.755. The first-order chi connectivity index (χ1) is 8.38. The number of benzene rings is 2. The fraction of sp³-hybridized carbons (Fsp3) is 0.143. The van der Waals surface area contributed by atoms with E-state index >= 15 is 0 Å². The lowest BCUT2D eigenvalue weighted by Gasteiger charge is -2.04. The Morgan fingerprint density at radius 3 is 2.12 bits per heavy atom. The lowest BCUT2D eigenvalue weighted by Crippen LogP contribution is -2.02. The molecule has 0 saturated heterocycles. The van der Waals surface area contributed by atoms with Crippen molar-refractivity contribution in [2.24, 2.45) is 0 Å². The minimum absolute atomic E-state index is 0.929. The largest absolute Gasteiger partial charge is 0.150 e. The fourth-order valence-corrected chi connectivity index (χ4v) is 1.97. The second kappa shape index (κ2) is 4.01. The first-order valence-electron chi connectivity index (χ1n) is 5.79. The smallest absolute Gasteiger partial charge is 0.113 e. The predicted octanol–water partition coefficient (Wildman–Crippen LogP) is 2.98. The molecular weight excluding hydrogens is 210 g/mol. The second-order valence-electron chi connectivity index (χ2n) is 3.96. The van der Waals surface area contributed by atoms with Gasteiger partial charge in [0.25, 0.3) is 0 Å². The van der Waals surface area contributed by atoms with Gasteiger partial charge in [0.2, 0.25) is 0 Å². The monoisotopic (exact) mass is 223 g/mol. The number of fused-ring (bicyclic) bond motifs is 1. The highest BCUT2D eigenvalue weighted by atomic mass is 15.5. The van der Waals surface area contributed by atoms with Crippen molar-refractivity contribution < 1.29 is 0 Å². The molecule has 0 bridgehead atoms. The van der Waals surface area contributed by atoms with Crippen LogP contribution < -0.4 is 0 Å². The zero-order chi connectivity index (χ0) is 11.7. The summed E-state index contributed by atoms with van der Waals surface area (Å²) in [6.45, 7) is 2.14. The van der Waals surface area contributed by atoms with Gasteiger partial charge in [-0.25, -0.2) is 0 Å². The van der Waals surface area contributed by atoms with Crippen molar-refractivity contribution in [1.82, 2.24) is 15.0 Å². The Kier molecular flexibility index (Phi) is 2.37. The Balaban J connectivity index is 2.20. The van der Waals surface area contributed by atoms with Crippen LogP contribution in [0.1, 0.15) is 12.5 Å². The van der Waals surface area contributed by atoms with Gasteiger partial charge < -0.3 is 0 Å². The number of aryl methyl sites for hydroxylation is 1. The number of aromatic nitrogens is 3. The van der Waals surface area contributed by atoms with E-state index in [1.54, 1.807) is 4.80 Å². The number of hydrogen-bond acceptors (Lipinski definition) is 2. The van der Waals surface area contributed by atoms with Crippen LogP contribution in [0.5, 0.6) is 0 Å². The molecule has 0 unspecified atom stereocenters. The van der Waals surface area contributed by atoms with Crippen molar-refractivity contribution in [2.45, 2.75) is 13.3 Å². The lowest BCUT2D eigenvalue weighted by atomic mass is 10.1. The van der Waals surface area contributed by atoms with E-state index in [9.17, 15) is 0 Å². The summed E-state index contributed by atoms with van der Waals surface area (Å²) in [5.74, 6) is 0. The standard InChI is InChI=1S/C14H13N3/c1-2-11-7-3-6-10-14(11)17-15-12-8-4-5-9-13(12)16-17/h3-10H,2H2,1H3. The van der Waals surface area contributed by atoms with Crippen LogP contribution in [-0.2, 0) is 6.42 Å². The van der Waals surface area contributed by atoms with Gasteiger partial charge in [-0.05, 0) is 30.2 Å². The minimum Gasteiger partial charge on any atom is -0.150 e. The molecule has 0 atom stereocenters. The Hall–Kier alpha value is -2.16. The molecule has 0 radical (unpaired) electrons. The highest BCUT2D eigenvalue weighted by molar-refractivity contribution is 5.73. The van der Waals surface area contributed by atoms with E-state index in [1.165, 1.54) is 5.56 Å². The molecule has 0 N–H and O–H groups in total. The van der Waals surface area contributed by atoms with E-state index < -0.39 is 0 Å². The first-order valence-corrected chi connectivity index (χ1v) is 5.79. The Morgan fingerprint density at radius 2 is 1.47 bits per heavy atom. The molecule has 0 spiro atoms. The molecule has 0 aliphatic rings. The van der Waals surface area contributed by atoms with Crippen molar-refractivity contribution >= 4 is 11.0 Å². The van der Waals surface area contributed by atoms with Crippen molar-refractivity contribution in [3.05, 3.63) is 54.1 Å². The van der Waals surface area contributed by atoms with E-state index in [0.29, 0.717) is 0 Å². The minimum atomic E-state index is 0.929. The molecule has 3 rings (SSSR count). The molecule has 1 aromatic heterocycles. The van der Waals surface area contributed by atoms with Gasteiger partial charge in [-0.3, -0.25) is 0 Å². The first kappa shape index (κ1) is 10.0. The van der Waals surface area contributed by atoms with Gasteiger partial charge >= 0.3 is 0 Å². The van der Waals surface area contributed by atoms with Gasteiger partial charge in [0, 0.05) is 0 Å². The highest BCUT2D eigenvalue weighted by Crippen LogP contribution is 2.16. The molecule has 0 aliphatic heterocycles. The van der Waals surface area contributed by atoms with E-state index in [0.717, 1.165) is 23.1 Å². The quantitative estimate of drug-likeness (QED) is 0.668. The second-order valence-corrected chi connectivity index (χ2v) is 3.96. The van der Waals surface area contributed by atoms with Crippen LogP contribution in [0, 0.1) is 0 Å². The van der Waals surface area contributed by atoms with Crippen molar-refractivity contribution in [3.8, 4) is 5.69 Å². The van der Waals surface area contributed by atoms with E-state index in [4.69, 9.17) is 0 Å². The molecule has 0 fully saturated rings. The SMILES string of the molecule is CCc1ccccc1-n1nc2ccccc2n1. The summed E-state index contributed by atoms with van der Waals surface area (Å²) in [5.41, 5.74) is 4.18. The average Bonchev–Trinajstić information content (AvgIpc) is 2.82. The summed E-state index contributed by atoms with van der Waals surface area (Å²) in [7, 11) is 0. The molecule has 0 saturated carbocycles. The van der Waals surface area contributed by atoms with Crippen molar-refractivity contribution in [3.63, 3.8) is 0 Å². The predicted molar refractivity (Wildman–Crippen MR) is 68.2 cm³/mol. The molecule has 2 aromatic carbocycles. The third-order valence-electron chi connectivity index (χ3n) is 2.87. The van der Waals surface area contributed by atoms with Gasteiger partial charge in [-0.15, -0.1) is 10.2 Å². The molecule has 17 heavy (non-hydrogen) atoms. The third kappa shape index (κ3) is 1.69. The molecule has 0 amide bonds. The Labute approximate surface area is 99.7 Å². The number of nitrogens with zero attached hydrogens (tertiary/aromatic N) is 3. The van der Waals surface area contributed by atoms with Crippen molar-refractivity contribution in [2.75, 3.05) is 0 Å². The summed E-state index contributed by atoms with van der Waals surface area (Å²) in [4.78, 5) is 1.73. The summed E-state index contributed by atoms with van der Waals surface area (Å²) in [5, 5.41) is 8.99. The topological polar surface area (TPSA) is 30.7 Å². The maximum absolute atomic E-state index is 4.50. The molecule has 3 heteroatoms. The van der Waals surface area contributed by atoms with Crippen LogP contribution in [0.2, 0.25) is 0 Å². The zero-order valence-electron chi connectivity index (χ0n) is 9.67. The van der Waals surface area contributed by atoms with Gasteiger partial charge in [-0.2, -0.15) is 4.80 Å². The summed E-state index contributed by atoms with van der Waals surface area (Å²) in [6.07, 6.45) is 0.980. The summed E-state index contributed by atoms with van der Waals surface area (Å²) >= 11 is 0. The van der Waals surface area contributed by atoms with Crippen LogP contribution >= 0.6 is 0 Å². The van der Waals surface area contributed by atoms with E-state index in [1.807, 2.05) is 36.4 Å². The average molecular weight is 223 g/mol. The van der Waals surface area contributed by atoms with Crippen LogP contribution in [0.3, 0.4) is 0 Å². The maximum atomic E-state index is 4.50. The third-order valence-corrected chi connectivity index (χ3v) is 2.87. The van der Waals surface area contributed by atoms with Gasteiger partial charge in [0.1, 0.15) is 11.0 Å². The molecule has 1 heterocycles. The van der Waals surface area contributed by atoms with Gasteiger partial charge in [0.15, 0.2) is 0 Å². The normalized spacial score (nSPS) is 10.9. The van der Waals surface area contributed by atoms with E-state index in [2.05, 4.69) is 29.3 Å². The maximum Gasteiger partial charge on any atom is 0.113 e. The number of rotatable bonds is 2. The summed E-state index contributed by atoms with van der Waals surface area (Å²) in [6, 6.07) is 16.1. The molecule has 0 aliphatic carbocycles. The fourth-order valence-electron chi connectivity index (χ4n) is 1.97. The Morgan fingerprint density at radius 1 is 0.882 bits per heavy atom. The Bertz CT molecular complexity index is 622. The zero-order valence-corrected chi connectivity index (χ0v) is 9.67. The van der Waals surface area contributed by atoms with Crippen molar-refractivity contribution in [1.29, 1.82) is 0 Å². The van der Waals surface area contributed by atoms with Crippen LogP contribution in [0.4, 0.5) is 0 Å². The molecular formula is C14H13N3. The van der Waals surface area contributed by atoms with E-state index in [-0.39, 0.29) is 0 Å². The molecule has 3 aromatic rings. The van der Waals surface area contributed by atoms with Crippen LogP contribution in [0.15, 0.2) is 48.5 Å². The van der Waals surface area contributed by atoms with Crippen LogP contribution in [0.25, 0.3) is 16.7 Å². The number of hydrogen-bond donors (Lipinski definition) is 0.